The Morgan fingerprint density at radius 1 is 1.00 bits per heavy atom. The zero-order valence-electron chi connectivity index (χ0n) is 24.3. The highest BCUT2D eigenvalue weighted by atomic mass is 35.5. The lowest BCUT2D eigenvalue weighted by Gasteiger charge is -2.34. The SMILES string of the molecule is CC[C@@H](C(=O)NC1CCCCC1)N(Cc1ccccc1Cl)C(=O)CN(c1ccc(F)cc1)S(=O)(=O)c1ccc(OC)cc1. The first-order valence-corrected chi connectivity index (χ1v) is 16.2. The average Bonchev–Trinajstić information content (AvgIpc) is 3.01. The zero-order chi connectivity index (χ0) is 31.0. The number of nitrogens with one attached hydrogen (secondary N) is 1. The van der Waals surface area contributed by atoms with E-state index >= 15 is 0 Å². The molecular formula is C32H37ClFN3O5S. The van der Waals surface area contributed by atoms with Crippen molar-refractivity contribution in [3.63, 3.8) is 0 Å². The van der Waals surface area contributed by atoms with Gasteiger partial charge in [0.1, 0.15) is 24.2 Å². The third-order valence-electron chi connectivity index (χ3n) is 7.68. The molecule has 1 aliphatic rings. The summed E-state index contributed by atoms with van der Waals surface area (Å²) < 4.78 is 47.8. The minimum atomic E-state index is -4.30. The number of sulfonamides is 1. The number of nitrogens with zero attached hydrogens (tertiary/aromatic N) is 2. The molecule has 8 nitrogen and oxygen atoms in total. The standard InChI is InChI=1S/C32H37ClFN3O5S/c1-3-30(32(39)35-25-10-5-4-6-11-25)36(21-23-9-7-8-12-29(23)33)31(38)22-37(26-15-13-24(34)14-16-26)43(40,41)28-19-17-27(42-2)18-20-28/h7-9,12-20,25,30H,3-6,10-11,21-22H2,1-2H3,(H,35,39)/t30-/m0/s1. The second-order valence-electron chi connectivity index (χ2n) is 10.5. The van der Waals surface area contributed by atoms with Crippen LogP contribution in [0.5, 0.6) is 5.75 Å². The minimum Gasteiger partial charge on any atom is -0.497 e. The molecule has 0 spiro atoms. The maximum absolute atomic E-state index is 14.2. The number of carbonyl (C=O) groups is 2. The number of ether oxygens (including phenoxy) is 1. The number of carbonyl (C=O) groups excluding carboxylic acids is 2. The summed E-state index contributed by atoms with van der Waals surface area (Å²) in [5.41, 5.74) is 0.718. The van der Waals surface area contributed by atoms with Crippen molar-refractivity contribution in [2.24, 2.45) is 0 Å². The molecule has 3 aromatic rings. The summed E-state index contributed by atoms with van der Waals surface area (Å²) in [6, 6.07) is 16.8. The lowest BCUT2D eigenvalue weighted by Crippen LogP contribution is -2.54. The Balaban J connectivity index is 1.71. The molecule has 1 fully saturated rings. The number of anilines is 1. The Morgan fingerprint density at radius 3 is 2.26 bits per heavy atom. The number of rotatable bonds is 12. The number of halogens is 2. The van der Waals surface area contributed by atoms with E-state index in [1.807, 2.05) is 6.92 Å². The molecular weight excluding hydrogens is 593 g/mol. The van der Waals surface area contributed by atoms with Crippen LogP contribution < -0.4 is 14.4 Å². The van der Waals surface area contributed by atoms with Gasteiger partial charge in [-0.1, -0.05) is 56.0 Å². The van der Waals surface area contributed by atoms with Gasteiger partial charge in [0.15, 0.2) is 0 Å². The second kappa shape index (κ2) is 14.7. The quantitative estimate of drug-likeness (QED) is 0.268. The van der Waals surface area contributed by atoms with Crippen LogP contribution in [0.25, 0.3) is 0 Å². The fraction of sp³-hybridized carbons (Fsp3) is 0.375. The van der Waals surface area contributed by atoms with Crippen molar-refractivity contribution in [2.45, 2.75) is 69.0 Å². The summed E-state index contributed by atoms with van der Waals surface area (Å²) in [7, 11) is -2.83. The number of hydrogen-bond acceptors (Lipinski definition) is 5. The van der Waals surface area contributed by atoms with E-state index in [1.54, 1.807) is 24.3 Å². The predicted octanol–water partition coefficient (Wildman–Crippen LogP) is 5.94. The van der Waals surface area contributed by atoms with Gasteiger partial charge in [-0.2, -0.15) is 0 Å². The average molecular weight is 630 g/mol. The molecule has 1 atom stereocenters. The first-order valence-electron chi connectivity index (χ1n) is 14.4. The smallest absolute Gasteiger partial charge is 0.264 e. The molecule has 0 saturated heterocycles. The maximum atomic E-state index is 14.2. The Kier molecular flexibility index (Phi) is 11.0. The van der Waals surface area contributed by atoms with E-state index < -0.39 is 34.3 Å². The largest absolute Gasteiger partial charge is 0.497 e. The van der Waals surface area contributed by atoms with Crippen molar-refractivity contribution in [2.75, 3.05) is 18.0 Å². The van der Waals surface area contributed by atoms with Crippen molar-refractivity contribution in [1.29, 1.82) is 0 Å². The first kappa shape index (κ1) is 32.3. The van der Waals surface area contributed by atoms with Crippen molar-refractivity contribution < 1.29 is 27.1 Å². The van der Waals surface area contributed by atoms with E-state index in [4.69, 9.17) is 16.3 Å². The van der Waals surface area contributed by atoms with Gasteiger partial charge in [-0.05, 0) is 79.4 Å². The summed E-state index contributed by atoms with van der Waals surface area (Å²) >= 11 is 6.46. The van der Waals surface area contributed by atoms with E-state index in [2.05, 4.69) is 5.32 Å². The molecule has 1 N–H and O–H groups in total. The second-order valence-corrected chi connectivity index (χ2v) is 12.8. The third-order valence-corrected chi connectivity index (χ3v) is 9.83. The van der Waals surface area contributed by atoms with Gasteiger partial charge in [0.2, 0.25) is 11.8 Å². The van der Waals surface area contributed by atoms with Crippen LogP contribution in [-0.4, -0.2) is 50.9 Å². The van der Waals surface area contributed by atoms with Crippen LogP contribution in [0.4, 0.5) is 10.1 Å². The molecule has 2 amide bonds. The van der Waals surface area contributed by atoms with Crippen molar-refractivity contribution >= 4 is 39.1 Å². The Bertz CT molecular complexity index is 1500. The summed E-state index contributed by atoms with van der Waals surface area (Å²) in [6.45, 7) is 1.18. The lowest BCUT2D eigenvalue weighted by atomic mass is 9.95. The van der Waals surface area contributed by atoms with E-state index in [0.717, 1.165) is 48.5 Å². The van der Waals surface area contributed by atoms with Gasteiger partial charge in [0.05, 0.1) is 17.7 Å². The molecule has 11 heteroatoms. The highest BCUT2D eigenvalue weighted by Crippen LogP contribution is 2.27. The molecule has 0 aromatic heterocycles. The van der Waals surface area contributed by atoms with Crippen LogP contribution in [0.15, 0.2) is 77.7 Å². The molecule has 1 saturated carbocycles. The number of benzene rings is 3. The topological polar surface area (TPSA) is 96.0 Å². The monoisotopic (exact) mass is 629 g/mol. The third kappa shape index (κ3) is 8.06. The van der Waals surface area contributed by atoms with Crippen molar-refractivity contribution in [3.05, 3.63) is 89.2 Å². The summed E-state index contributed by atoms with van der Waals surface area (Å²) in [5.74, 6) is -0.986. The molecule has 0 bridgehead atoms. The van der Waals surface area contributed by atoms with Crippen LogP contribution in [0.2, 0.25) is 5.02 Å². The van der Waals surface area contributed by atoms with Gasteiger partial charge >= 0.3 is 0 Å². The van der Waals surface area contributed by atoms with Gasteiger partial charge in [-0.15, -0.1) is 0 Å². The molecule has 4 rings (SSSR count). The summed E-state index contributed by atoms with van der Waals surface area (Å²) in [5, 5.41) is 3.53. The normalized spacial score (nSPS) is 14.5. The fourth-order valence-electron chi connectivity index (χ4n) is 5.28. The zero-order valence-corrected chi connectivity index (χ0v) is 25.9. The van der Waals surface area contributed by atoms with Gasteiger partial charge in [-0.3, -0.25) is 13.9 Å². The van der Waals surface area contributed by atoms with E-state index in [9.17, 15) is 22.4 Å². The summed E-state index contributed by atoms with van der Waals surface area (Å²) in [6.07, 6.45) is 5.23. The Hall–Kier alpha value is -3.63. The highest BCUT2D eigenvalue weighted by Gasteiger charge is 2.34. The lowest BCUT2D eigenvalue weighted by molar-refractivity contribution is -0.140. The van der Waals surface area contributed by atoms with E-state index in [1.165, 1.54) is 48.4 Å². The highest BCUT2D eigenvalue weighted by molar-refractivity contribution is 7.92. The van der Waals surface area contributed by atoms with Crippen molar-refractivity contribution in [3.8, 4) is 5.75 Å². The number of methoxy groups -OCH3 is 1. The van der Waals surface area contributed by atoms with Gasteiger partial charge in [0, 0.05) is 17.6 Å². The van der Waals surface area contributed by atoms with E-state index in [-0.39, 0.29) is 29.1 Å². The van der Waals surface area contributed by atoms with Crippen LogP contribution in [0.3, 0.4) is 0 Å². The van der Waals surface area contributed by atoms with Crippen LogP contribution in [0.1, 0.15) is 51.0 Å². The fourth-order valence-corrected chi connectivity index (χ4v) is 6.89. The van der Waals surface area contributed by atoms with Crippen LogP contribution in [-0.2, 0) is 26.2 Å². The van der Waals surface area contributed by atoms with Gasteiger partial charge in [0.25, 0.3) is 10.0 Å². The number of amides is 2. The molecule has 0 aliphatic heterocycles. The Morgan fingerprint density at radius 2 is 1.65 bits per heavy atom. The first-order chi connectivity index (χ1) is 20.6. The molecule has 0 heterocycles. The minimum absolute atomic E-state index is 0.00502. The molecule has 0 unspecified atom stereocenters. The van der Waals surface area contributed by atoms with Crippen LogP contribution in [0, 0.1) is 5.82 Å². The van der Waals surface area contributed by atoms with Gasteiger partial charge < -0.3 is 15.0 Å². The summed E-state index contributed by atoms with van der Waals surface area (Å²) in [4.78, 5) is 29.1. The molecule has 1 aliphatic carbocycles. The van der Waals surface area contributed by atoms with Crippen LogP contribution >= 0.6 is 11.6 Å². The maximum Gasteiger partial charge on any atom is 0.264 e. The number of hydrogen-bond donors (Lipinski definition) is 1. The molecule has 43 heavy (non-hydrogen) atoms. The van der Waals surface area contributed by atoms with Gasteiger partial charge in [-0.25, -0.2) is 12.8 Å². The Labute approximate surface area is 257 Å². The predicted molar refractivity (Wildman–Crippen MR) is 165 cm³/mol. The molecule has 230 valence electrons. The molecule has 0 radical (unpaired) electrons. The van der Waals surface area contributed by atoms with E-state index in [0.29, 0.717) is 22.8 Å². The van der Waals surface area contributed by atoms with Crippen molar-refractivity contribution in [1.82, 2.24) is 10.2 Å². The molecule has 3 aromatic carbocycles.